The molecule has 29 heavy (non-hydrogen) atoms. The van der Waals surface area contributed by atoms with E-state index >= 15 is 0 Å². The second-order valence-electron chi connectivity index (χ2n) is 6.89. The molecule has 0 aromatic heterocycles. The van der Waals surface area contributed by atoms with Crippen molar-refractivity contribution >= 4 is 48.0 Å². The van der Waals surface area contributed by atoms with Crippen LogP contribution in [0.5, 0.6) is 0 Å². The van der Waals surface area contributed by atoms with Gasteiger partial charge in [0, 0.05) is 35.6 Å². The van der Waals surface area contributed by atoms with Crippen LogP contribution in [0.2, 0.25) is 0 Å². The zero-order chi connectivity index (χ0) is 20.5. The molecular formula is C21H21BN4O3. The monoisotopic (exact) mass is 388 g/mol. The minimum Gasteiger partial charge on any atom is -0.352 e. The molecule has 0 spiro atoms. The molecule has 2 aliphatic rings. The van der Waals surface area contributed by atoms with E-state index in [1.54, 1.807) is 0 Å². The molecule has 146 valence electrons. The van der Waals surface area contributed by atoms with Crippen LogP contribution < -0.4 is 16.1 Å². The predicted octanol–water partition coefficient (Wildman–Crippen LogP) is 1.92. The Labute approximate surface area is 169 Å². The van der Waals surface area contributed by atoms with E-state index in [0.29, 0.717) is 30.1 Å². The molecule has 0 radical (unpaired) electrons. The molecule has 2 N–H and O–H groups in total. The van der Waals surface area contributed by atoms with Crippen LogP contribution in [0.3, 0.4) is 0 Å². The largest absolute Gasteiger partial charge is 0.435 e. The molecule has 2 aromatic carbocycles. The van der Waals surface area contributed by atoms with Gasteiger partial charge in [-0.05, 0) is 26.0 Å². The third-order valence-electron chi connectivity index (χ3n) is 5.08. The minimum absolute atomic E-state index is 0.219. The Hall–Kier alpha value is -3.55. The summed E-state index contributed by atoms with van der Waals surface area (Å²) in [7, 11) is 1.97. The predicted molar refractivity (Wildman–Crippen MR) is 116 cm³/mol. The molecule has 7 nitrogen and oxygen atoms in total. The van der Waals surface area contributed by atoms with E-state index in [2.05, 4.69) is 15.8 Å². The standard InChI is InChI=1S/C21H21BN4O3/c1-3-26(4-2)21(28)29-25-18-14-7-5-6-8-15(14)23-19(18)17-13-10-9-12(22)11-16(13)24-20(17)27/h5-11,23H,3-4,22H2,1-2H3,(H,24,27)/b19-17-,25-18+. The summed E-state index contributed by atoms with van der Waals surface area (Å²) in [6, 6.07) is 13.3. The molecule has 8 heteroatoms. The zero-order valence-corrected chi connectivity index (χ0v) is 16.6. The first-order valence-corrected chi connectivity index (χ1v) is 9.60. The van der Waals surface area contributed by atoms with E-state index in [-0.39, 0.29) is 5.91 Å². The average Bonchev–Trinajstić information content (AvgIpc) is 3.22. The van der Waals surface area contributed by atoms with E-state index in [9.17, 15) is 9.59 Å². The number of para-hydroxylation sites is 1. The lowest BCUT2D eigenvalue weighted by molar-refractivity contribution is -0.110. The number of anilines is 2. The topological polar surface area (TPSA) is 83.0 Å². The molecule has 0 bridgehead atoms. The lowest BCUT2D eigenvalue weighted by Gasteiger charge is -2.15. The quantitative estimate of drug-likeness (QED) is 0.364. The van der Waals surface area contributed by atoms with E-state index in [1.807, 2.05) is 64.2 Å². The van der Waals surface area contributed by atoms with Gasteiger partial charge in [0.1, 0.15) is 13.6 Å². The highest BCUT2D eigenvalue weighted by Crippen LogP contribution is 2.38. The first-order chi connectivity index (χ1) is 14.0. The van der Waals surface area contributed by atoms with Crippen molar-refractivity contribution in [1.29, 1.82) is 0 Å². The average molecular weight is 388 g/mol. The van der Waals surface area contributed by atoms with Crippen molar-refractivity contribution in [3.8, 4) is 0 Å². The van der Waals surface area contributed by atoms with Gasteiger partial charge < -0.3 is 15.5 Å². The van der Waals surface area contributed by atoms with Crippen molar-refractivity contribution < 1.29 is 14.4 Å². The number of allylic oxidation sites excluding steroid dienone is 1. The highest BCUT2D eigenvalue weighted by atomic mass is 16.7. The molecule has 0 saturated carbocycles. The van der Waals surface area contributed by atoms with Gasteiger partial charge in [0.2, 0.25) is 0 Å². The number of hydrogen-bond donors (Lipinski definition) is 2. The number of nitrogens with zero attached hydrogens (tertiary/aromatic N) is 2. The molecule has 0 atom stereocenters. The van der Waals surface area contributed by atoms with Gasteiger partial charge in [-0.3, -0.25) is 9.63 Å². The van der Waals surface area contributed by atoms with Crippen LogP contribution in [0.1, 0.15) is 25.0 Å². The number of nitrogens with one attached hydrogen (secondary N) is 2. The summed E-state index contributed by atoms with van der Waals surface area (Å²) < 4.78 is 0. The second-order valence-corrected chi connectivity index (χ2v) is 6.89. The number of hydrogen-bond acceptors (Lipinski definition) is 5. The number of carbonyl (C=O) groups is 2. The Morgan fingerprint density at radius 1 is 1.07 bits per heavy atom. The van der Waals surface area contributed by atoms with Gasteiger partial charge in [0.15, 0.2) is 0 Å². The van der Waals surface area contributed by atoms with Gasteiger partial charge >= 0.3 is 6.09 Å². The molecule has 4 rings (SSSR count). The van der Waals surface area contributed by atoms with Crippen molar-refractivity contribution in [1.82, 2.24) is 4.90 Å². The van der Waals surface area contributed by atoms with Crippen LogP contribution >= 0.6 is 0 Å². The van der Waals surface area contributed by atoms with Gasteiger partial charge in [0.25, 0.3) is 5.91 Å². The number of carbonyl (C=O) groups excluding carboxylic acids is 2. The maximum absolute atomic E-state index is 12.8. The van der Waals surface area contributed by atoms with Crippen molar-refractivity contribution in [2.75, 3.05) is 23.7 Å². The lowest BCUT2D eigenvalue weighted by Crippen LogP contribution is -2.30. The molecule has 0 fully saturated rings. The summed E-state index contributed by atoms with van der Waals surface area (Å²) in [5, 5.41) is 10.3. The van der Waals surface area contributed by atoms with E-state index in [4.69, 9.17) is 4.84 Å². The summed E-state index contributed by atoms with van der Waals surface area (Å²) >= 11 is 0. The summed E-state index contributed by atoms with van der Waals surface area (Å²) in [6.45, 7) is 4.80. The SMILES string of the molecule is Bc1ccc2c(c1)NC(=O)/C2=C1\Nc2ccccc2\C1=N/OC(=O)N(CC)CC. The van der Waals surface area contributed by atoms with Gasteiger partial charge in [-0.2, -0.15) is 0 Å². The molecular weight excluding hydrogens is 367 g/mol. The normalized spacial score (nSPS) is 18.1. The van der Waals surface area contributed by atoms with Gasteiger partial charge in [-0.1, -0.05) is 41.0 Å². The molecule has 2 aromatic rings. The highest BCUT2D eigenvalue weighted by molar-refractivity contribution is 6.40. The van der Waals surface area contributed by atoms with Gasteiger partial charge in [-0.15, -0.1) is 0 Å². The highest BCUT2D eigenvalue weighted by Gasteiger charge is 2.34. The Bertz CT molecular complexity index is 1070. The third kappa shape index (κ3) is 3.26. The Morgan fingerprint density at radius 2 is 1.83 bits per heavy atom. The van der Waals surface area contributed by atoms with Crippen LogP contribution in [0, 0.1) is 0 Å². The summed E-state index contributed by atoms with van der Waals surface area (Å²) in [6.07, 6.45) is -0.525. The Morgan fingerprint density at radius 3 is 2.59 bits per heavy atom. The number of fused-ring (bicyclic) bond motifs is 2. The van der Waals surface area contributed by atoms with E-state index < -0.39 is 6.09 Å². The smallest absolute Gasteiger partial charge is 0.352 e. The first kappa shape index (κ1) is 18.8. The lowest BCUT2D eigenvalue weighted by atomic mass is 9.92. The zero-order valence-electron chi connectivity index (χ0n) is 16.6. The van der Waals surface area contributed by atoms with Gasteiger partial charge in [-0.25, -0.2) is 4.79 Å². The molecule has 0 unspecified atom stereocenters. The van der Waals surface area contributed by atoms with E-state index in [0.717, 1.165) is 28.0 Å². The van der Waals surface area contributed by atoms with Crippen molar-refractivity contribution in [3.63, 3.8) is 0 Å². The van der Waals surface area contributed by atoms with Crippen LogP contribution in [0.15, 0.2) is 53.3 Å². The van der Waals surface area contributed by atoms with E-state index in [1.165, 1.54) is 4.90 Å². The summed E-state index contributed by atoms with van der Waals surface area (Å²) in [4.78, 5) is 31.8. The molecule has 2 heterocycles. The maximum Gasteiger partial charge on any atom is 0.435 e. The van der Waals surface area contributed by atoms with Crippen molar-refractivity contribution in [2.45, 2.75) is 13.8 Å². The van der Waals surface area contributed by atoms with Crippen molar-refractivity contribution in [2.24, 2.45) is 5.16 Å². The Kier molecular flexibility index (Phi) is 4.84. The second kappa shape index (κ2) is 7.46. The van der Waals surface area contributed by atoms with Crippen molar-refractivity contribution in [3.05, 3.63) is 59.3 Å². The fraction of sp³-hybridized carbons (Fsp3) is 0.190. The third-order valence-corrected chi connectivity index (χ3v) is 5.08. The molecule has 0 aliphatic carbocycles. The molecule has 2 amide bonds. The number of benzene rings is 2. The van der Waals surface area contributed by atoms with Crippen LogP contribution in [-0.2, 0) is 9.63 Å². The van der Waals surface area contributed by atoms with Crippen LogP contribution in [-0.4, -0.2) is 43.5 Å². The number of rotatable bonds is 3. The minimum atomic E-state index is -0.525. The number of oxime groups is 1. The number of amides is 2. The fourth-order valence-electron chi connectivity index (χ4n) is 3.56. The Balaban J connectivity index is 1.81. The fourth-order valence-corrected chi connectivity index (χ4v) is 3.56. The summed E-state index contributed by atoms with van der Waals surface area (Å²) in [5.41, 5.74) is 5.62. The summed E-state index contributed by atoms with van der Waals surface area (Å²) in [5.74, 6) is -0.219. The first-order valence-electron chi connectivity index (χ1n) is 9.60. The molecule has 0 saturated heterocycles. The van der Waals surface area contributed by atoms with Crippen LogP contribution in [0.25, 0.3) is 5.57 Å². The van der Waals surface area contributed by atoms with Gasteiger partial charge in [0.05, 0.1) is 11.3 Å². The maximum atomic E-state index is 12.8. The van der Waals surface area contributed by atoms with Crippen LogP contribution in [0.4, 0.5) is 16.2 Å². The molecule has 2 aliphatic heterocycles.